The van der Waals surface area contributed by atoms with Crippen molar-refractivity contribution in [2.75, 3.05) is 18.0 Å². The number of Topliss-reactive ketones (excluding diaryl/α,β-unsaturated/α-hetero) is 1. The molecule has 0 radical (unpaired) electrons. The molecular weight excluding hydrogens is 280 g/mol. The van der Waals surface area contributed by atoms with Gasteiger partial charge in [0.15, 0.2) is 10.9 Å². The molecule has 0 atom stereocenters. The third-order valence-corrected chi connectivity index (χ3v) is 6.97. The van der Waals surface area contributed by atoms with Crippen LogP contribution in [0.25, 0.3) is 0 Å². The Bertz CT molecular complexity index is 535. The van der Waals surface area contributed by atoms with Gasteiger partial charge in [-0.15, -0.1) is 0 Å². The topological polar surface area (TPSA) is 33.2 Å². The summed E-state index contributed by atoms with van der Waals surface area (Å²) < 4.78 is 0. The number of ketones is 1. The number of aryl methyl sites for hydroxylation is 1. The largest absolute Gasteiger partial charge is 0.348 e. The highest BCUT2D eigenvalue weighted by atomic mass is 32.1. The lowest BCUT2D eigenvalue weighted by molar-refractivity contribution is 0.0976. The van der Waals surface area contributed by atoms with Crippen molar-refractivity contribution in [3.63, 3.8) is 0 Å². The van der Waals surface area contributed by atoms with Crippen molar-refractivity contribution < 1.29 is 4.79 Å². The van der Waals surface area contributed by atoms with Gasteiger partial charge in [0.1, 0.15) is 0 Å². The Balaban J connectivity index is 1.48. The predicted octanol–water partition coefficient (Wildman–Crippen LogP) is 4.21. The molecule has 4 rings (SSSR count). The Morgan fingerprint density at radius 2 is 1.71 bits per heavy atom. The van der Waals surface area contributed by atoms with Crippen LogP contribution in [0.3, 0.4) is 0 Å². The van der Waals surface area contributed by atoms with E-state index in [1.165, 1.54) is 44.9 Å². The van der Waals surface area contributed by atoms with Crippen LogP contribution < -0.4 is 4.90 Å². The molecule has 114 valence electrons. The van der Waals surface area contributed by atoms with E-state index in [2.05, 4.69) is 4.90 Å². The van der Waals surface area contributed by atoms with Crippen molar-refractivity contribution in [1.29, 1.82) is 0 Å². The summed E-state index contributed by atoms with van der Waals surface area (Å²) >= 11 is 1.65. The summed E-state index contributed by atoms with van der Waals surface area (Å²) in [5.41, 5.74) is 1.71. The zero-order valence-corrected chi connectivity index (χ0v) is 13.5. The fraction of sp³-hybridized carbons (Fsp3) is 0.765. The summed E-state index contributed by atoms with van der Waals surface area (Å²) in [5.74, 6) is 0.320. The van der Waals surface area contributed by atoms with Crippen molar-refractivity contribution in [1.82, 2.24) is 4.98 Å². The number of fused-ring (bicyclic) bond motifs is 1. The first-order chi connectivity index (χ1) is 10.3. The Morgan fingerprint density at radius 3 is 2.43 bits per heavy atom. The first kappa shape index (κ1) is 13.7. The molecule has 1 spiro atoms. The van der Waals surface area contributed by atoms with Crippen LogP contribution in [0, 0.1) is 5.41 Å². The maximum absolute atomic E-state index is 12.0. The molecule has 0 amide bonds. The molecule has 0 N–H and O–H groups in total. The summed E-state index contributed by atoms with van der Waals surface area (Å²) in [6.45, 7) is 2.28. The first-order valence-electron chi connectivity index (χ1n) is 8.54. The molecule has 1 saturated carbocycles. The number of hydrogen-bond acceptors (Lipinski definition) is 4. The van der Waals surface area contributed by atoms with E-state index < -0.39 is 0 Å². The standard InChI is InChI=1S/C17H24N2OS/c20-14-6-4-5-13-15(14)21-16(18-13)19-11-9-17(10-12-19)7-2-1-3-8-17/h1-12H2. The fourth-order valence-electron chi connectivity index (χ4n) is 4.37. The molecule has 1 aliphatic heterocycles. The summed E-state index contributed by atoms with van der Waals surface area (Å²) in [4.78, 5) is 20.2. The number of thiazole rings is 1. The summed E-state index contributed by atoms with van der Waals surface area (Å²) in [6.07, 6.45) is 12.5. The molecule has 0 bridgehead atoms. The molecule has 2 fully saturated rings. The maximum atomic E-state index is 12.0. The normalized spacial score (nSPS) is 25.1. The van der Waals surface area contributed by atoms with E-state index in [1.54, 1.807) is 11.3 Å². The minimum absolute atomic E-state index is 0.320. The van der Waals surface area contributed by atoms with E-state index >= 15 is 0 Å². The fourth-order valence-corrected chi connectivity index (χ4v) is 5.50. The van der Waals surface area contributed by atoms with Crippen LogP contribution >= 0.6 is 11.3 Å². The van der Waals surface area contributed by atoms with Crippen molar-refractivity contribution in [3.05, 3.63) is 10.6 Å². The number of hydrogen-bond donors (Lipinski definition) is 0. The second-order valence-corrected chi connectivity index (χ2v) is 8.07. The summed E-state index contributed by atoms with van der Waals surface area (Å²) in [7, 11) is 0. The smallest absolute Gasteiger partial charge is 0.186 e. The van der Waals surface area contributed by atoms with Gasteiger partial charge in [0.2, 0.25) is 0 Å². The number of nitrogens with zero attached hydrogens (tertiary/aromatic N) is 2. The minimum atomic E-state index is 0.320. The highest BCUT2D eigenvalue weighted by Crippen LogP contribution is 2.45. The molecule has 3 nitrogen and oxygen atoms in total. The van der Waals surface area contributed by atoms with E-state index in [0.717, 1.165) is 48.1 Å². The van der Waals surface area contributed by atoms with Gasteiger partial charge in [0.05, 0.1) is 10.6 Å². The average Bonchev–Trinajstić information content (AvgIpc) is 2.94. The maximum Gasteiger partial charge on any atom is 0.186 e. The van der Waals surface area contributed by atoms with Gasteiger partial charge >= 0.3 is 0 Å². The summed E-state index contributed by atoms with van der Waals surface area (Å²) in [6, 6.07) is 0. The first-order valence-corrected chi connectivity index (χ1v) is 9.35. The van der Waals surface area contributed by atoms with Crippen LogP contribution in [0.4, 0.5) is 5.13 Å². The Kier molecular flexibility index (Phi) is 3.52. The molecule has 0 unspecified atom stereocenters. The molecule has 0 aromatic carbocycles. The third-order valence-electron chi connectivity index (χ3n) is 5.77. The van der Waals surface area contributed by atoms with E-state index in [1.807, 2.05) is 0 Å². The number of piperidine rings is 1. The molecule has 1 saturated heterocycles. The van der Waals surface area contributed by atoms with Crippen molar-refractivity contribution in [3.8, 4) is 0 Å². The minimum Gasteiger partial charge on any atom is -0.348 e. The molecule has 2 aliphatic carbocycles. The average molecular weight is 304 g/mol. The van der Waals surface area contributed by atoms with Gasteiger partial charge in [0, 0.05) is 19.5 Å². The van der Waals surface area contributed by atoms with Crippen LogP contribution in [0.15, 0.2) is 0 Å². The van der Waals surface area contributed by atoms with Crippen molar-refractivity contribution >= 4 is 22.3 Å². The van der Waals surface area contributed by atoms with Crippen LogP contribution in [0.2, 0.25) is 0 Å². The monoisotopic (exact) mass is 304 g/mol. The second-order valence-electron chi connectivity index (χ2n) is 7.10. The molecule has 1 aromatic heterocycles. The Labute approximate surface area is 130 Å². The lowest BCUT2D eigenvalue weighted by Crippen LogP contribution is -2.41. The van der Waals surface area contributed by atoms with Gasteiger partial charge in [-0.1, -0.05) is 30.6 Å². The van der Waals surface area contributed by atoms with Crippen LogP contribution in [-0.2, 0) is 6.42 Å². The molecule has 21 heavy (non-hydrogen) atoms. The predicted molar refractivity (Wildman–Crippen MR) is 86.3 cm³/mol. The second kappa shape index (κ2) is 5.38. The molecule has 4 heteroatoms. The van der Waals surface area contributed by atoms with Gasteiger partial charge < -0.3 is 4.90 Å². The van der Waals surface area contributed by atoms with Crippen LogP contribution in [0.1, 0.15) is 73.2 Å². The van der Waals surface area contributed by atoms with Crippen molar-refractivity contribution in [2.45, 2.75) is 64.2 Å². The SMILES string of the molecule is O=C1CCCc2nc(N3CCC4(CCCCC4)CC3)sc21. The highest BCUT2D eigenvalue weighted by molar-refractivity contribution is 7.17. The van der Waals surface area contributed by atoms with E-state index in [4.69, 9.17) is 4.98 Å². The van der Waals surface area contributed by atoms with Gasteiger partial charge in [0.25, 0.3) is 0 Å². The number of aromatic nitrogens is 1. The number of carbonyl (C=O) groups is 1. The van der Waals surface area contributed by atoms with Gasteiger partial charge in [-0.2, -0.15) is 0 Å². The zero-order valence-electron chi connectivity index (χ0n) is 12.7. The van der Waals surface area contributed by atoms with Crippen LogP contribution in [-0.4, -0.2) is 23.9 Å². The Hall–Kier alpha value is -0.900. The van der Waals surface area contributed by atoms with Gasteiger partial charge in [-0.25, -0.2) is 4.98 Å². The lowest BCUT2D eigenvalue weighted by atomic mass is 9.68. The molecular formula is C17H24N2OS. The number of rotatable bonds is 1. The lowest BCUT2D eigenvalue weighted by Gasteiger charge is -2.44. The Morgan fingerprint density at radius 1 is 0.952 bits per heavy atom. The number of carbonyl (C=O) groups excluding carboxylic acids is 1. The van der Waals surface area contributed by atoms with Crippen LogP contribution in [0.5, 0.6) is 0 Å². The van der Waals surface area contributed by atoms with E-state index in [0.29, 0.717) is 11.2 Å². The molecule has 3 aliphatic rings. The number of anilines is 1. The van der Waals surface area contributed by atoms with E-state index in [9.17, 15) is 4.79 Å². The zero-order chi connectivity index (χ0) is 14.3. The quantitative estimate of drug-likeness (QED) is 0.779. The third kappa shape index (κ3) is 2.52. The molecule has 2 heterocycles. The van der Waals surface area contributed by atoms with E-state index in [-0.39, 0.29) is 0 Å². The van der Waals surface area contributed by atoms with Crippen molar-refractivity contribution in [2.24, 2.45) is 5.41 Å². The van der Waals surface area contributed by atoms with Gasteiger partial charge in [-0.05, 0) is 43.9 Å². The molecule has 1 aromatic rings. The summed E-state index contributed by atoms with van der Waals surface area (Å²) in [5, 5.41) is 1.11. The van der Waals surface area contributed by atoms with Gasteiger partial charge in [-0.3, -0.25) is 4.79 Å². The highest BCUT2D eigenvalue weighted by Gasteiger charge is 2.36.